The monoisotopic (exact) mass is 385 g/mol. The van der Waals surface area contributed by atoms with Gasteiger partial charge < -0.3 is 19.7 Å². The van der Waals surface area contributed by atoms with Crippen molar-refractivity contribution in [1.82, 2.24) is 0 Å². The molecule has 0 radical (unpaired) electrons. The Bertz CT molecular complexity index is 878. The molecule has 8 nitrogen and oxygen atoms in total. The van der Waals surface area contributed by atoms with Gasteiger partial charge in [-0.15, -0.1) is 0 Å². The molecule has 1 saturated heterocycles. The second-order valence-corrected chi connectivity index (χ2v) is 6.59. The molecule has 0 spiro atoms. The van der Waals surface area contributed by atoms with Crippen LogP contribution < -0.4 is 15.0 Å². The summed E-state index contributed by atoms with van der Waals surface area (Å²) in [5.74, 6) is 0.330. The number of benzene rings is 2. The highest BCUT2D eigenvalue weighted by Gasteiger charge is 2.20. The first-order chi connectivity index (χ1) is 13.5. The van der Waals surface area contributed by atoms with Crippen molar-refractivity contribution in [3.05, 3.63) is 57.6 Å². The number of nitrogens with zero attached hydrogens (tertiary/aromatic N) is 2. The van der Waals surface area contributed by atoms with Crippen LogP contribution in [0.4, 0.5) is 17.1 Å². The number of hydrogen-bond donors (Lipinski definition) is 1. The number of carbonyl (C=O) groups excluding carboxylic acids is 1. The van der Waals surface area contributed by atoms with E-state index in [1.807, 2.05) is 36.9 Å². The number of carbonyl (C=O) groups is 1. The highest BCUT2D eigenvalue weighted by molar-refractivity contribution is 5.95. The van der Waals surface area contributed by atoms with Crippen molar-refractivity contribution in [2.45, 2.75) is 13.8 Å². The average Bonchev–Trinajstić information content (AvgIpc) is 2.70. The Kier molecular flexibility index (Phi) is 6.10. The molecule has 148 valence electrons. The zero-order valence-corrected chi connectivity index (χ0v) is 15.9. The number of anilines is 2. The number of rotatable bonds is 6. The summed E-state index contributed by atoms with van der Waals surface area (Å²) >= 11 is 0. The van der Waals surface area contributed by atoms with E-state index in [4.69, 9.17) is 9.47 Å². The smallest absolute Gasteiger partial charge is 0.271 e. The maximum atomic E-state index is 12.4. The highest BCUT2D eigenvalue weighted by atomic mass is 16.6. The maximum absolute atomic E-state index is 12.4. The number of amides is 1. The fourth-order valence-corrected chi connectivity index (χ4v) is 3.02. The molecule has 0 aliphatic carbocycles. The molecular formula is C20H23N3O5. The number of nitrogens with one attached hydrogen (secondary N) is 1. The van der Waals surface area contributed by atoms with E-state index in [0.717, 1.165) is 11.1 Å². The van der Waals surface area contributed by atoms with Gasteiger partial charge in [0.1, 0.15) is 5.75 Å². The Hall–Kier alpha value is -3.13. The van der Waals surface area contributed by atoms with E-state index < -0.39 is 4.92 Å². The quantitative estimate of drug-likeness (QED) is 0.607. The molecule has 1 heterocycles. The van der Waals surface area contributed by atoms with E-state index in [0.29, 0.717) is 43.4 Å². The van der Waals surface area contributed by atoms with Crippen LogP contribution in [0.3, 0.4) is 0 Å². The molecule has 1 aliphatic rings. The minimum atomic E-state index is -0.445. The predicted molar refractivity (Wildman–Crippen MR) is 106 cm³/mol. The van der Waals surface area contributed by atoms with Crippen LogP contribution in [0.25, 0.3) is 0 Å². The molecule has 0 bridgehead atoms. The molecule has 0 atom stereocenters. The van der Waals surface area contributed by atoms with E-state index in [1.165, 1.54) is 12.1 Å². The fraction of sp³-hybridized carbons (Fsp3) is 0.350. The number of hydrogen-bond acceptors (Lipinski definition) is 6. The average molecular weight is 385 g/mol. The standard InChI is InChI=1S/C20H23N3O5/c1-14-4-3-5-19(15(14)2)28-13-20(24)21-17-7-6-16(23(25)26)12-18(17)22-8-10-27-11-9-22/h3-7,12H,8-11,13H2,1-2H3,(H,21,24). The van der Waals surface area contributed by atoms with Crippen LogP contribution in [-0.2, 0) is 9.53 Å². The summed E-state index contributed by atoms with van der Waals surface area (Å²) in [6.07, 6.45) is 0. The molecular weight excluding hydrogens is 362 g/mol. The molecule has 28 heavy (non-hydrogen) atoms. The number of aryl methyl sites for hydroxylation is 1. The van der Waals surface area contributed by atoms with Gasteiger partial charge in [-0.2, -0.15) is 0 Å². The summed E-state index contributed by atoms with van der Waals surface area (Å²) in [6, 6.07) is 10.1. The Morgan fingerprint density at radius 3 is 2.71 bits per heavy atom. The highest BCUT2D eigenvalue weighted by Crippen LogP contribution is 2.31. The summed E-state index contributed by atoms with van der Waals surface area (Å²) in [5, 5.41) is 14.0. The third-order valence-corrected chi connectivity index (χ3v) is 4.73. The number of nitro groups is 1. The van der Waals surface area contributed by atoms with Gasteiger partial charge in [-0.05, 0) is 37.1 Å². The number of morpholine rings is 1. The molecule has 0 aromatic heterocycles. The number of non-ortho nitro benzene ring substituents is 1. The minimum Gasteiger partial charge on any atom is -0.483 e. The molecule has 2 aromatic carbocycles. The zero-order chi connectivity index (χ0) is 20.1. The van der Waals surface area contributed by atoms with Crippen LogP contribution in [0.2, 0.25) is 0 Å². The van der Waals surface area contributed by atoms with Gasteiger partial charge in [0.25, 0.3) is 11.6 Å². The SMILES string of the molecule is Cc1cccc(OCC(=O)Nc2ccc([N+](=O)[O-])cc2N2CCOCC2)c1C. The molecule has 3 rings (SSSR count). The number of ether oxygens (including phenoxy) is 2. The Labute approximate surface area is 163 Å². The summed E-state index contributed by atoms with van der Waals surface area (Å²) in [5.41, 5.74) is 3.17. The normalized spacial score (nSPS) is 13.9. The van der Waals surface area contributed by atoms with Gasteiger partial charge in [0.2, 0.25) is 0 Å². The van der Waals surface area contributed by atoms with Crippen molar-refractivity contribution in [2.75, 3.05) is 43.1 Å². The third-order valence-electron chi connectivity index (χ3n) is 4.73. The van der Waals surface area contributed by atoms with Gasteiger partial charge in [-0.3, -0.25) is 14.9 Å². The maximum Gasteiger partial charge on any atom is 0.271 e. The van der Waals surface area contributed by atoms with Crippen molar-refractivity contribution in [1.29, 1.82) is 0 Å². The molecule has 1 fully saturated rings. The summed E-state index contributed by atoms with van der Waals surface area (Å²) in [7, 11) is 0. The Balaban J connectivity index is 1.74. The molecule has 1 aliphatic heterocycles. The Morgan fingerprint density at radius 1 is 1.25 bits per heavy atom. The van der Waals surface area contributed by atoms with Crippen molar-refractivity contribution in [3.8, 4) is 5.75 Å². The second-order valence-electron chi connectivity index (χ2n) is 6.59. The van der Waals surface area contributed by atoms with Gasteiger partial charge >= 0.3 is 0 Å². The van der Waals surface area contributed by atoms with Crippen LogP contribution in [0.1, 0.15) is 11.1 Å². The van der Waals surface area contributed by atoms with Gasteiger partial charge in [0, 0.05) is 25.2 Å². The molecule has 0 saturated carbocycles. The van der Waals surface area contributed by atoms with Crippen LogP contribution in [-0.4, -0.2) is 43.7 Å². The van der Waals surface area contributed by atoms with Crippen molar-refractivity contribution < 1.29 is 19.2 Å². The van der Waals surface area contributed by atoms with E-state index in [2.05, 4.69) is 5.32 Å². The lowest BCUT2D eigenvalue weighted by molar-refractivity contribution is -0.384. The molecule has 8 heteroatoms. The zero-order valence-electron chi connectivity index (χ0n) is 15.9. The van der Waals surface area contributed by atoms with Crippen molar-refractivity contribution >= 4 is 23.0 Å². The summed E-state index contributed by atoms with van der Waals surface area (Å²) in [6.45, 7) is 6.04. The summed E-state index contributed by atoms with van der Waals surface area (Å²) in [4.78, 5) is 25.1. The minimum absolute atomic E-state index is 0.0221. The molecule has 1 N–H and O–H groups in total. The first kappa shape index (κ1) is 19.6. The largest absolute Gasteiger partial charge is 0.483 e. The lowest BCUT2D eigenvalue weighted by Gasteiger charge is -2.30. The topological polar surface area (TPSA) is 93.9 Å². The lowest BCUT2D eigenvalue weighted by atomic mass is 10.1. The van der Waals surface area contributed by atoms with Crippen LogP contribution in [0.5, 0.6) is 5.75 Å². The van der Waals surface area contributed by atoms with E-state index in [1.54, 1.807) is 6.07 Å². The van der Waals surface area contributed by atoms with E-state index in [9.17, 15) is 14.9 Å². The predicted octanol–water partition coefficient (Wildman–Crippen LogP) is 3.07. The van der Waals surface area contributed by atoms with Crippen molar-refractivity contribution in [3.63, 3.8) is 0 Å². The lowest BCUT2D eigenvalue weighted by Crippen LogP contribution is -2.37. The van der Waals surface area contributed by atoms with Crippen LogP contribution in [0, 0.1) is 24.0 Å². The van der Waals surface area contributed by atoms with E-state index >= 15 is 0 Å². The summed E-state index contributed by atoms with van der Waals surface area (Å²) < 4.78 is 11.0. The first-order valence-corrected chi connectivity index (χ1v) is 9.05. The van der Waals surface area contributed by atoms with Gasteiger partial charge in [0.05, 0.1) is 29.5 Å². The second kappa shape index (κ2) is 8.71. The van der Waals surface area contributed by atoms with Gasteiger partial charge in [-0.25, -0.2) is 0 Å². The van der Waals surface area contributed by atoms with E-state index in [-0.39, 0.29) is 18.2 Å². The Morgan fingerprint density at radius 2 is 2.00 bits per heavy atom. The number of nitro benzene ring substituents is 1. The fourth-order valence-electron chi connectivity index (χ4n) is 3.02. The molecule has 1 amide bonds. The first-order valence-electron chi connectivity index (χ1n) is 9.05. The molecule has 2 aromatic rings. The van der Waals surface area contributed by atoms with Gasteiger partial charge in [0.15, 0.2) is 6.61 Å². The van der Waals surface area contributed by atoms with Crippen LogP contribution in [0.15, 0.2) is 36.4 Å². The van der Waals surface area contributed by atoms with Crippen LogP contribution >= 0.6 is 0 Å². The third kappa shape index (κ3) is 4.58. The van der Waals surface area contributed by atoms with Gasteiger partial charge in [-0.1, -0.05) is 12.1 Å². The van der Waals surface area contributed by atoms with Crippen molar-refractivity contribution in [2.24, 2.45) is 0 Å². The molecule has 0 unspecified atom stereocenters.